The van der Waals surface area contributed by atoms with Crippen molar-refractivity contribution in [1.82, 2.24) is 0 Å². The lowest BCUT2D eigenvalue weighted by Crippen LogP contribution is -2.20. The molecule has 1 aliphatic rings. The monoisotopic (exact) mass is 352 g/mol. The maximum Gasteiger partial charge on any atom is 0.316 e. The van der Waals surface area contributed by atoms with Gasteiger partial charge in [-0.3, -0.25) is 9.59 Å². The highest BCUT2D eigenvalue weighted by Crippen LogP contribution is 2.28. The Morgan fingerprint density at radius 1 is 0.640 bits per heavy atom. The van der Waals surface area contributed by atoms with E-state index in [0.717, 1.165) is 38.5 Å². The van der Waals surface area contributed by atoms with Crippen LogP contribution >= 0.6 is 0 Å². The van der Waals surface area contributed by atoms with Crippen molar-refractivity contribution in [3.8, 4) is 0 Å². The molecule has 1 aliphatic heterocycles. The van der Waals surface area contributed by atoms with Crippen molar-refractivity contribution in [3.63, 3.8) is 0 Å². The summed E-state index contributed by atoms with van der Waals surface area (Å²) >= 11 is 0. The van der Waals surface area contributed by atoms with E-state index in [1.807, 2.05) is 0 Å². The van der Waals surface area contributed by atoms with Gasteiger partial charge in [-0.15, -0.1) is 0 Å². The van der Waals surface area contributed by atoms with Crippen LogP contribution in [0.3, 0.4) is 0 Å². The molecule has 0 spiro atoms. The number of unbranched alkanes of at least 4 members (excludes halogenated alkanes) is 10. The van der Waals surface area contributed by atoms with Gasteiger partial charge >= 0.3 is 11.9 Å². The summed E-state index contributed by atoms with van der Waals surface area (Å²) in [5.74, 6) is -0.623. The van der Waals surface area contributed by atoms with Crippen molar-refractivity contribution in [1.29, 1.82) is 0 Å². The number of carbonyl (C=O) groups is 2. The van der Waals surface area contributed by atoms with Crippen molar-refractivity contribution in [3.05, 3.63) is 0 Å². The largest absolute Gasteiger partial charge is 0.393 e. The second-order valence-electron chi connectivity index (χ2n) is 7.82. The van der Waals surface area contributed by atoms with Crippen LogP contribution in [0.2, 0.25) is 0 Å². The molecule has 1 fully saturated rings. The lowest BCUT2D eigenvalue weighted by molar-refractivity contribution is -0.163. The number of hydrogen-bond donors (Lipinski definition) is 0. The topological polar surface area (TPSA) is 43.4 Å². The van der Waals surface area contributed by atoms with Gasteiger partial charge in [0.15, 0.2) is 0 Å². The molecule has 1 heterocycles. The summed E-state index contributed by atoms with van der Waals surface area (Å²) < 4.78 is 5.15. The Morgan fingerprint density at radius 3 is 1.40 bits per heavy atom. The van der Waals surface area contributed by atoms with E-state index in [1.54, 1.807) is 0 Å². The van der Waals surface area contributed by atoms with Crippen molar-refractivity contribution in [2.45, 2.75) is 117 Å². The van der Waals surface area contributed by atoms with Crippen molar-refractivity contribution in [2.75, 3.05) is 0 Å². The second kappa shape index (κ2) is 14.3. The maximum atomic E-state index is 12.1. The van der Waals surface area contributed by atoms with Crippen LogP contribution in [0, 0.1) is 11.8 Å². The Bertz CT molecular complexity index is 330. The predicted octanol–water partition coefficient (Wildman–Crippen LogP) is 6.58. The Labute approximate surface area is 155 Å². The molecule has 0 aliphatic carbocycles. The standard InChI is InChI=1S/C22H40O3/c1-3-5-7-9-11-13-15-19-17-18-20(22(24)25-21(19)23)16-14-12-10-8-6-4-2/h19-20H,3-18H2,1-2H3. The maximum absolute atomic E-state index is 12.1. The fraction of sp³-hybridized carbons (Fsp3) is 0.909. The van der Waals surface area contributed by atoms with Crippen LogP contribution in [0.5, 0.6) is 0 Å². The fourth-order valence-corrected chi connectivity index (χ4v) is 3.77. The first-order valence-electron chi connectivity index (χ1n) is 10.9. The van der Waals surface area contributed by atoms with Gasteiger partial charge in [0.05, 0.1) is 11.8 Å². The van der Waals surface area contributed by atoms with E-state index >= 15 is 0 Å². The number of rotatable bonds is 14. The molecule has 2 unspecified atom stereocenters. The van der Waals surface area contributed by atoms with E-state index in [-0.39, 0.29) is 23.8 Å². The van der Waals surface area contributed by atoms with Gasteiger partial charge in [0, 0.05) is 0 Å². The second-order valence-corrected chi connectivity index (χ2v) is 7.82. The van der Waals surface area contributed by atoms with Crippen LogP contribution in [-0.2, 0) is 14.3 Å². The molecule has 0 saturated carbocycles. The third-order valence-electron chi connectivity index (χ3n) is 5.54. The molecule has 25 heavy (non-hydrogen) atoms. The van der Waals surface area contributed by atoms with E-state index in [0.29, 0.717) is 0 Å². The summed E-state index contributed by atoms with van der Waals surface area (Å²) in [6, 6.07) is 0. The molecule has 0 aromatic carbocycles. The molecule has 0 N–H and O–H groups in total. The fourth-order valence-electron chi connectivity index (χ4n) is 3.77. The van der Waals surface area contributed by atoms with E-state index in [2.05, 4.69) is 13.8 Å². The lowest BCUT2D eigenvalue weighted by atomic mass is 9.90. The van der Waals surface area contributed by atoms with Crippen molar-refractivity contribution in [2.24, 2.45) is 11.8 Å². The quantitative estimate of drug-likeness (QED) is 0.201. The minimum Gasteiger partial charge on any atom is -0.393 e. The van der Waals surface area contributed by atoms with Crippen molar-refractivity contribution >= 4 is 11.9 Å². The first-order valence-corrected chi connectivity index (χ1v) is 10.9. The number of hydrogen-bond acceptors (Lipinski definition) is 3. The molecule has 0 radical (unpaired) electrons. The molecule has 1 saturated heterocycles. The zero-order valence-electron chi connectivity index (χ0n) is 16.7. The van der Waals surface area contributed by atoms with Gasteiger partial charge < -0.3 is 4.74 Å². The van der Waals surface area contributed by atoms with Crippen molar-refractivity contribution < 1.29 is 14.3 Å². The summed E-state index contributed by atoms with van der Waals surface area (Å²) in [5.41, 5.74) is 0. The molecule has 1 rings (SSSR count). The van der Waals surface area contributed by atoms with Crippen LogP contribution in [0.4, 0.5) is 0 Å². The number of esters is 2. The number of ether oxygens (including phenoxy) is 1. The van der Waals surface area contributed by atoms with E-state index in [1.165, 1.54) is 64.2 Å². The number of carbonyl (C=O) groups excluding carboxylic acids is 2. The van der Waals surface area contributed by atoms with Crippen LogP contribution in [0.25, 0.3) is 0 Å². The Morgan fingerprint density at radius 2 is 1.00 bits per heavy atom. The summed E-state index contributed by atoms with van der Waals surface area (Å²) in [5, 5.41) is 0. The molecule has 2 atom stereocenters. The zero-order chi connectivity index (χ0) is 18.3. The third kappa shape index (κ3) is 10.0. The Balaban J connectivity index is 2.22. The molecular formula is C22H40O3. The van der Waals surface area contributed by atoms with Gasteiger partial charge in [-0.2, -0.15) is 0 Å². The smallest absolute Gasteiger partial charge is 0.316 e. The SMILES string of the molecule is CCCCCCCCC1CCC(CCCCCCCC)C(=O)OC1=O. The molecular weight excluding hydrogens is 312 g/mol. The van der Waals surface area contributed by atoms with Crippen LogP contribution in [0.1, 0.15) is 117 Å². The molecule has 0 amide bonds. The minimum absolute atomic E-state index is 0.0512. The van der Waals surface area contributed by atoms with Gasteiger partial charge in [-0.05, 0) is 25.7 Å². The first-order chi connectivity index (χ1) is 12.2. The van der Waals surface area contributed by atoms with E-state index in [4.69, 9.17) is 4.74 Å². The highest BCUT2D eigenvalue weighted by atomic mass is 16.6. The van der Waals surface area contributed by atoms with Crippen LogP contribution < -0.4 is 0 Å². The summed E-state index contributed by atoms with van der Waals surface area (Å²) in [4.78, 5) is 24.3. The molecule has 3 nitrogen and oxygen atoms in total. The Kier molecular flexibility index (Phi) is 12.7. The minimum atomic E-state index is -0.260. The summed E-state index contributed by atoms with van der Waals surface area (Å²) in [6.45, 7) is 4.44. The van der Waals surface area contributed by atoms with E-state index < -0.39 is 0 Å². The van der Waals surface area contributed by atoms with Gasteiger partial charge in [-0.25, -0.2) is 0 Å². The predicted molar refractivity (Wildman–Crippen MR) is 103 cm³/mol. The van der Waals surface area contributed by atoms with Crippen LogP contribution in [0.15, 0.2) is 0 Å². The third-order valence-corrected chi connectivity index (χ3v) is 5.54. The molecule has 146 valence electrons. The summed E-state index contributed by atoms with van der Waals surface area (Å²) in [6.07, 6.45) is 18.2. The summed E-state index contributed by atoms with van der Waals surface area (Å²) in [7, 11) is 0. The molecule has 0 aromatic rings. The zero-order valence-corrected chi connectivity index (χ0v) is 16.7. The number of cyclic esters (lactones) is 2. The normalized spacial score (nSPS) is 21.2. The first kappa shape index (κ1) is 22.2. The highest BCUT2D eigenvalue weighted by molar-refractivity contribution is 5.88. The molecule has 0 bridgehead atoms. The lowest BCUT2D eigenvalue weighted by Gasteiger charge is -2.11. The average Bonchev–Trinajstić information content (AvgIpc) is 2.73. The van der Waals surface area contributed by atoms with Crippen LogP contribution in [-0.4, -0.2) is 11.9 Å². The van der Waals surface area contributed by atoms with Gasteiger partial charge in [0.1, 0.15) is 0 Å². The Hall–Kier alpha value is -0.860. The van der Waals surface area contributed by atoms with Gasteiger partial charge in [0.2, 0.25) is 0 Å². The van der Waals surface area contributed by atoms with Gasteiger partial charge in [0.25, 0.3) is 0 Å². The molecule has 0 aromatic heterocycles. The van der Waals surface area contributed by atoms with Gasteiger partial charge in [-0.1, -0.05) is 90.9 Å². The average molecular weight is 353 g/mol. The highest BCUT2D eigenvalue weighted by Gasteiger charge is 2.32. The van der Waals surface area contributed by atoms with E-state index in [9.17, 15) is 9.59 Å². The molecule has 3 heteroatoms.